The molecule has 1 amide bonds. The second-order valence-electron chi connectivity index (χ2n) is 5.15. The third kappa shape index (κ3) is 3.19. The van der Waals surface area contributed by atoms with Gasteiger partial charge >= 0.3 is 0 Å². The quantitative estimate of drug-likeness (QED) is 0.805. The van der Waals surface area contributed by atoms with E-state index in [4.69, 9.17) is 10.5 Å². The molecular weight excluding hydrogens is 216 g/mol. The van der Waals surface area contributed by atoms with Crippen LogP contribution in [0.15, 0.2) is 0 Å². The van der Waals surface area contributed by atoms with Crippen LogP contribution in [-0.2, 0) is 9.53 Å². The fraction of sp³-hybridized carbons (Fsp3) is 0.923. The topological polar surface area (TPSA) is 55.6 Å². The Bertz CT molecular complexity index is 250. The average Bonchev–Trinajstić information content (AvgIpc) is 2.40. The van der Waals surface area contributed by atoms with Crippen molar-refractivity contribution in [2.75, 3.05) is 26.3 Å². The molecule has 1 atom stereocenters. The molecule has 2 rings (SSSR count). The zero-order valence-electron chi connectivity index (χ0n) is 10.6. The lowest BCUT2D eigenvalue weighted by Gasteiger charge is -2.38. The predicted octanol–water partition coefficient (Wildman–Crippen LogP) is 1.14. The summed E-state index contributed by atoms with van der Waals surface area (Å²) in [6.45, 7) is 3.10. The lowest BCUT2D eigenvalue weighted by molar-refractivity contribution is -0.142. The van der Waals surface area contributed by atoms with Crippen molar-refractivity contribution in [3.05, 3.63) is 0 Å². The molecule has 0 radical (unpaired) electrons. The third-order valence-corrected chi connectivity index (χ3v) is 3.98. The first-order chi connectivity index (χ1) is 8.33. The number of nitrogens with two attached hydrogens (primary N) is 1. The number of likely N-dealkylation sites (tertiary alicyclic amines) is 1. The van der Waals surface area contributed by atoms with Crippen LogP contribution in [0.3, 0.4) is 0 Å². The normalized spacial score (nSPS) is 27.1. The van der Waals surface area contributed by atoms with Crippen molar-refractivity contribution in [3.63, 3.8) is 0 Å². The fourth-order valence-corrected chi connectivity index (χ4v) is 2.96. The van der Waals surface area contributed by atoms with E-state index in [-0.39, 0.29) is 5.92 Å². The van der Waals surface area contributed by atoms with E-state index in [9.17, 15) is 4.79 Å². The molecule has 2 fully saturated rings. The number of amides is 1. The largest absolute Gasteiger partial charge is 0.381 e. The van der Waals surface area contributed by atoms with E-state index in [1.807, 2.05) is 0 Å². The smallest absolute Gasteiger partial charge is 0.226 e. The molecule has 0 spiro atoms. The Morgan fingerprint density at radius 2 is 2.00 bits per heavy atom. The molecule has 2 aliphatic rings. The number of hydrogen-bond acceptors (Lipinski definition) is 3. The zero-order chi connectivity index (χ0) is 12.1. The summed E-state index contributed by atoms with van der Waals surface area (Å²) in [6, 6.07) is 0.393. The summed E-state index contributed by atoms with van der Waals surface area (Å²) in [5.41, 5.74) is 5.64. The monoisotopic (exact) mass is 240 g/mol. The van der Waals surface area contributed by atoms with Gasteiger partial charge in [0.15, 0.2) is 0 Å². The number of piperidine rings is 1. The molecule has 17 heavy (non-hydrogen) atoms. The van der Waals surface area contributed by atoms with Gasteiger partial charge in [-0.15, -0.1) is 0 Å². The van der Waals surface area contributed by atoms with Gasteiger partial charge in [0, 0.05) is 31.7 Å². The molecule has 0 aromatic carbocycles. The SMILES string of the molecule is NCCC1CCCCN1C(=O)C1CCOCC1. The van der Waals surface area contributed by atoms with Crippen molar-refractivity contribution < 1.29 is 9.53 Å². The predicted molar refractivity (Wildman–Crippen MR) is 66.6 cm³/mol. The van der Waals surface area contributed by atoms with Gasteiger partial charge in [-0.1, -0.05) is 0 Å². The number of carbonyl (C=O) groups is 1. The molecule has 0 aromatic heterocycles. The highest BCUT2D eigenvalue weighted by Crippen LogP contribution is 2.25. The van der Waals surface area contributed by atoms with Crippen molar-refractivity contribution in [2.45, 2.75) is 44.6 Å². The van der Waals surface area contributed by atoms with E-state index in [0.29, 0.717) is 18.5 Å². The molecular formula is C13H24N2O2. The van der Waals surface area contributed by atoms with Crippen LogP contribution in [0.1, 0.15) is 38.5 Å². The van der Waals surface area contributed by atoms with Gasteiger partial charge in [0.1, 0.15) is 0 Å². The minimum atomic E-state index is 0.196. The Morgan fingerprint density at radius 1 is 1.24 bits per heavy atom. The molecule has 0 aliphatic carbocycles. The summed E-state index contributed by atoms with van der Waals surface area (Å²) >= 11 is 0. The summed E-state index contributed by atoms with van der Waals surface area (Å²) < 4.78 is 5.32. The lowest BCUT2D eigenvalue weighted by atomic mass is 9.93. The van der Waals surface area contributed by atoms with E-state index in [1.165, 1.54) is 6.42 Å². The van der Waals surface area contributed by atoms with Gasteiger partial charge < -0.3 is 15.4 Å². The summed E-state index contributed by atoms with van der Waals surface area (Å²) in [4.78, 5) is 14.6. The fourth-order valence-electron chi connectivity index (χ4n) is 2.96. The van der Waals surface area contributed by atoms with Crippen molar-refractivity contribution >= 4 is 5.91 Å². The Hall–Kier alpha value is -0.610. The van der Waals surface area contributed by atoms with Crippen LogP contribution >= 0.6 is 0 Å². The molecule has 2 aliphatic heterocycles. The number of rotatable bonds is 3. The van der Waals surface area contributed by atoms with E-state index in [2.05, 4.69) is 4.90 Å². The van der Waals surface area contributed by atoms with Gasteiger partial charge in [-0.3, -0.25) is 4.79 Å². The maximum Gasteiger partial charge on any atom is 0.226 e. The van der Waals surface area contributed by atoms with E-state index in [1.54, 1.807) is 0 Å². The van der Waals surface area contributed by atoms with Crippen LogP contribution < -0.4 is 5.73 Å². The van der Waals surface area contributed by atoms with Gasteiger partial charge in [-0.2, -0.15) is 0 Å². The van der Waals surface area contributed by atoms with Crippen molar-refractivity contribution in [1.82, 2.24) is 4.90 Å². The number of hydrogen-bond donors (Lipinski definition) is 1. The second-order valence-corrected chi connectivity index (χ2v) is 5.15. The Kier molecular flexibility index (Phi) is 4.80. The Labute approximate surface area is 103 Å². The average molecular weight is 240 g/mol. The van der Waals surface area contributed by atoms with E-state index >= 15 is 0 Å². The summed E-state index contributed by atoms with van der Waals surface area (Å²) in [6.07, 6.45) is 6.26. The third-order valence-electron chi connectivity index (χ3n) is 3.98. The Morgan fingerprint density at radius 3 is 2.71 bits per heavy atom. The highest BCUT2D eigenvalue weighted by molar-refractivity contribution is 5.79. The molecule has 2 heterocycles. The summed E-state index contributed by atoms with van der Waals surface area (Å²) in [5, 5.41) is 0. The lowest BCUT2D eigenvalue weighted by Crippen LogP contribution is -2.48. The van der Waals surface area contributed by atoms with Crippen LogP contribution in [-0.4, -0.2) is 43.2 Å². The molecule has 0 bridgehead atoms. The van der Waals surface area contributed by atoms with E-state index < -0.39 is 0 Å². The number of nitrogens with zero attached hydrogens (tertiary/aromatic N) is 1. The molecule has 0 saturated carbocycles. The molecule has 1 unspecified atom stereocenters. The van der Waals surface area contributed by atoms with Crippen molar-refractivity contribution in [3.8, 4) is 0 Å². The molecule has 2 saturated heterocycles. The first kappa shape index (κ1) is 12.8. The molecule has 4 nitrogen and oxygen atoms in total. The van der Waals surface area contributed by atoms with E-state index in [0.717, 1.165) is 51.9 Å². The first-order valence-corrected chi connectivity index (χ1v) is 6.91. The van der Waals surface area contributed by atoms with Crippen LogP contribution in [0.5, 0.6) is 0 Å². The van der Waals surface area contributed by atoms with Gasteiger partial charge in [-0.25, -0.2) is 0 Å². The second kappa shape index (κ2) is 6.36. The molecule has 2 N–H and O–H groups in total. The van der Waals surface area contributed by atoms with Gasteiger partial charge in [0.25, 0.3) is 0 Å². The van der Waals surface area contributed by atoms with Crippen molar-refractivity contribution in [2.24, 2.45) is 11.7 Å². The zero-order valence-corrected chi connectivity index (χ0v) is 10.6. The summed E-state index contributed by atoms with van der Waals surface area (Å²) in [5.74, 6) is 0.550. The number of ether oxygens (including phenoxy) is 1. The highest BCUT2D eigenvalue weighted by atomic mass is 16.5. The van der Waals surface area contributed by atoms with Crippen molar-refractivity contribution in [1.29, 1.82) is 0 Å². The summed E-state index contributed by atoms with van der Waals surface area (Å²) in [7, 11) is 0. The highest BCUT2D eigenvalue weighted by Gasteiger charge is 2.31. The van der Waals surface area contributed by atoms with Crippen LogP contribution in [0.25, 0.3) is 0 Å². The maximum absolute atomic E-state index is 12.5. The molecule has 0 aromatic rings. The standard InChI is InChI=1S/C13H24N2O2/c14-7-4-12-3-1-2-8-15(12)13(16)11-5-9-17-10-6-11/h11-12H,1-10,14H2. The molecule has 98 valence electrons. The minimum absolute atomic E-state index is 0.196. The maximum atomic E-state index is 12.5. The van der Waals surface area contributed by atoms with Crippen LogP contribution in [0, 0.1) is 5.92 Å². The first-order valence-electron chi connectivity index (χ1n) is 6.91. The van der Waals surface area contributed by atoms with Gasteiger partial charge in [0.2, 0.25) is 5.91 Å². The van der Waals surface area contributed by atoms with Gasteiger partial charge in [0.05, 0.1) is 0 Å². The minimum Gasteiger partial charge on any atom is -0.381 e. The van der Waals surface area contributed by atoms with Crippen LogP contribution in [0.2, 0.25) is 0 Å². The molecule has 4 heteroatoms. The Balaban J connectivity index is 1.94. The van der Waals surface area contributed by atoms with Gasteiger partial charge in [-0.05, 0) is 45.1 Å². The van der Waals surface area contributed by atoms with Crippen LogP contribution in [0.4, 0.5) is 0 Å². The number of carbonyl (C=O) groups excluding carboxylic acids is 1.